The summed E-state index contributed by atoms with van der Waals surface area (Å²) in [5, 5.41) is 7.28. The second-order valence-electron chi connectivity index (χ2n) is 4.99. The Kier molecular flexibility index (Phi) is 3.42. The predicted molar refractivity (Wildman–Crippen MR) is 76.0 cm³/mol. The van der Waals surface area contributed by atoms with Crippen LogP contribution < -0.4 is 10.6 Å². The molecule has 0 bridgehead atoms. The molecule has 1 aliphatic heterocycles. The molecule has 1 aromatic carbocycles. The monoisotopic (exact) mass is 255 g/mol. The van der Waals surface area contributed by atoms with Crippen LogP contribution in [0.4, 0.5) is 5.69 Å². The minimum absolute atomic E-state index is 0.0880. The molecule has 0 radical (unpaired) electrons. The van der Waals surface area contributed by atoms with Crippen LogP contribution in [-0.2, 0) is 4.79 Å². The molecule has 3 rings (SSSR count). The number of aromatic nitrogens is 1. The fourth-order valence-electron chi connectivity index (χ4n) is 2.56. The Bertz CT molecular complexity index is 585. The van der Waals surface area contributed by atoms with Crippen LogP contribution >= 0.6 is 0 Å². The van der Waals surface area contributed by atoms with Gasteiger partial charge < -0.3 is 10.6 Å². The Labute approximate surface area is 112 Å². The fraction of sp³-hybridized carbons (Fsp3) is 0.333. The summed E-state index contributed by atoms with van der Waals surface area (Å²) < 4.78 is 0. The van der Waals surface area contributed by atoms with Gasteiger partial charge in [-0.3, -0.25) is 9.78 Å². The number of amides is 1. The van der Waals surface area contributed by atoms with Crippen LogP contribution in [0.3, 0.4) is 0 Å². The van der Waals surface area contributed by atoms with Crippen molar-refractivity contribution in [2.45, 2.75) is 12.8 Å². The van der Waals surface area contributed by atoms with Gasteiger partial charge >= 0.3 is 0 Å². The molecule has 1 aliphatic rings. The van der Waals surface area contributed by atoms with Crippen LogP contribution in [-0.4, -0.2) is 24.0 Å². The molecular weight excluding hydrogens is 238 g/mol. The molecule has 0 aliphatic carbocycles. The van der Waals surface area contributed by atoms with E-state index in [9.17, 15) is 4.79 Å². The lowest BCUT2D eigenvalue weighted by atomic mass is 10.0. The third kappa shape index (κ3) is 2.74. The van der Waals surface area contributed by atoms with Gasteiger partial charge in [0.15, 0.2) is 0 Å². The molecule has 19 heavy (non-hydrogen) atoms. The minimum Gasteiger partial charge on any atom is -0.325 e. The molecule has 4 heteroatoms. The van der Waals surface area contributed by atoms with Gasteiger partial charge in [0, 0.05) is 18.0 Å². The molecule has 1 saturated heterocycles. The van der Waals surface area contributed by atoms with E-state index < -0.39 is 0 Å². The Hall–Kier alpha value is -1.94. The number of hydrogen-bond donors (Lipinski definition) is 2. The average Bonchev–Trinajstić information content (AvgIpc) is 2.92. The standard InChI is InChI=1S/C15H17N3O/c19-15(9-11-6-8-16-10-11)18-14-5-1-4-13-12(14)3-2-7-17-13/h1-5,7,11,16H,6,8-10H2,(H,18,19). The topological polar surface area (TPSA) is 54.0 Å². The molecule has 2 N–H and O–H groups in total. The van der Waals surface area contributed by atoms with E-state index in [0.29, 0.717) is 12.3 Å². The average molecular weight is 255 g/mol. The highest BCUT2D eigenvalue weighted by Gasteiger charge is 2.18. The molecule has 2 heterocycles. The van der Waals surface area contributed by atoms with Crippen molar-refractivity contribution in [3.05, 3.63) is 36.5 Å². The van der Waals surface area contributed by atoms with Gasteiger partial charge in [0.1, 0.15) is 0 Å². The number of benzene rings is 1. The van der Waals surface area contributed by atoms with Crippen LogP contribution in [0.5, 0.6) is 0 Å². The fourth-order valence-corrected chi connectivity index (χ4v) is 2.56. The van der Waals surface area contributed by atoms with E-state index in [2.05, 4.69) is 15.6 Å². The van der Waals surface area contributed by atoms with E-state index in [4.69, 9.17) is 0 Å². The van der Waals surface area contributed by atoms with Gasteiger partial charge in [0.05, 0.1) is 11.2 Å². The molecule has 1 amide bonds. The maximum absolute atomic E-state index is 12.1. The summed E-state index contributed by atoms with van der Waals surface area (Å²) in [4.78, 5) is 16.3. The van der Waals surface area contributed by atoms with Crippen molar-refractivity contribution in [1.82, 2.24) is 10.3 Å². The van der Waals surface area contributed by atoms with Crippen molar-refractivity contribution in [3.8, 4) is 0 Å². The number of hydrogen-bond acceptors (Lipinski definition) is 3. The summed E-state index contributed by atoms with van der Waals surface area (Å²) >= 11 is 0. The third-order valence-corrected chi connectivity index (χ3v) is 3.56. The van der Waals surface area contributed by atoms with Gasteiger partial charge in [-0.25, -0.2) is 0 Å². The minimum atomic E-state index is 0.0880. The molecule has 1 atom stereocenters. The zero-order valence-corrected chi connectivity index (χ0v) is 10.7. The van der Waals surface area contributed by atoms with Gasteiger partial charge in [0.2, 0.25) is 5.91 Å². The normalized spacial score (nSPS) is 18.6. The van der Waals surface area contributed by atoms with Crippen molar-refractivity contribution < 1.29 is 4.79 Å². The Morgan fingerprint density at radius 1 is 1.37 bits per heavy atom. The number of rotatable bonds is 3. The van der Waals surface area contributed by atoms with Gasteiger partial charge in [-0.2, -0.15) is 0 Å². The van der Waals surface area contributed by atoms with Crippen LogP contribution in [0.1, 0.15) is 12.8 Å². The van der Waals surface area contributed by atoms with Gasteiger partial charge in [-0.1, -0.05) is 6.07 Å². The number of pyridine rings is 1. The smallest absolute Gasteiger partial charge is 0.224 e. The Balaban J connectivity index is 1.75. The molecular formula is C15H17N3O. The van der Waals surface area contributed by atoms with Crippen LogP contribution in [0.2, 0.25) is 0 Å². The molecule has 1 fully saturated rings. The van der Waals surface area contributed by atoms with E-state index in [-0.39, 0.29) is 5.91 Å². The highest BCUT2D eigenvalue weighted by Crippen LogP contribution is 2.22. The number of fused-ring (bicyclic) bond motifs is 1. The molecule has 0 spiro atoms. The zero-order chi connectivity index (χ0) is 13.1. The summed E-state index contributed by atoms with van der Waals surface area (Å²) in [6, 6.07) is 9.66. The lowest BCUT2D eigenvalue weighted by Gasteiger charge is -2.10. The number of anilines is 1. The number of nitrogens with zero attached hydrogens (tertiary/aromatic N) is 1. The summed E-state index contributed by atoms with van der Waals surface area (Å²) in [6.45, 7) is 1.97. The molecule has 2 aromatic rings. The maximum Gasteiger partial charge on any atom is 0.224 e. The lowest BCUT2D eigenvalue weighted by Crippen LogP contribution is -2.18. The molecule has 4 nitrogen and oxygen atoms in total. The van der Waals surface area contributed by atoms with Crippen molar-refractivity contribution in [1.29, 1.82) is 0 Å². The summed E-state index contributed by atoms with van der Waals surface area (Å²) in [5.74, 6) is 0.554. The van der Waals surface area contributed by atoms with Crippen LogP contribution in [0.25, 0.3) is 10.9 Å². The van der Waals surface area contributed by atoms with E-state index in [1.165, 1.54) is 0 Å². The second-order valence-corrected chi connectivity index (χ2v) is 4.99. The Morgan fingerprint density at radius 3 is 3.16 bits per heavy atom. The zero-order valence-electron chi connectivity index (χ0n) is 10.7. The number of carbonyl (C=O) groups is 1. The highest BCUT2D eigenvalue weighted by molar-refractivity contribution is 6.00. The first-order chi connectivity index (χ1) is 9.33. The van der Waals surface area contributed by atoms with Crippen LogP contribution in [0.15, 0.2) is 36.5 Å². The first-order valence-corrected chi connectivity index (χ1v) is 6.67. The quantitative estimate of drug-likeness (QED) is 0.883. The summed E-state index contributed by atoms with van der Waals surface area (Å²) in [5.41, 5.74) is 1.75. The highest BCUT2D eigenvalue weighted by atomic mass is 16.1. The maximum atomic E-state index is 12.1. The van der Waals surface area contributed by atoms with Gasteiger partial charge in [-0.05, 0) is 49.7 Å². The van der Waals surface area contributed by atoms with Crippen molar-refractivity contribution in [3.63, 3.8) is 0 Å². The summed E-state index contributed by atoms with van der Waals surface area (Å²) in [7, 11) is 0. The van der Waals surface area contributed by atoms with E-state index >= 15 is 0 Å². The van der Waals surface area contributed by atoms with Crippen molar-refractivity contribution >= 4 is 22.5 Å². The largest absolute Gasteiger partial charge is 0.325 e. The predicted octanol–water partition coefficient (Wildman–Crippen LogP) is 2.17. The first kappa shape index (κ1) is 12.1. The molecule has 0 saturated carbocycles. The van der Waals surface area contributed by atoms with E-state index in [0.717, 1.165) is 36.1 Å². The van der Waals surface area contributed by atoms with Gasteiger partial charge in [-0.15, -0.1) is 0 Å². The van der Waals surface area contributed by atoms with E-state index in [1.807, 2.05) is 30.3 Å². The van der Waals surface area contributed by atoms with Crippen molar-refractivity contribution in [2.24, 2.45) is 5.92 Å². The summed E-state index contributed by atoms with van der Waals surface area (Å²) in [6.07, 6.45) is 3.44. The SMILES string of the molecule is O=C(CC1CCNC1)Nc1cccc2ncccc12. The first-order valence-electron chi connectivity index (χ1n) is 6.67. The molecule has 1 aromatic heterocycles. The van der Waals surface area contributed by atoms with Gasteiger partial charge in [0.25, 0.3) is 0 Å². The second kappa shape index (κ2) is 5.36. The molecule has 1 unspecified atom stereocenters. The third-order valence-electron chi connectivity index (χ3n) is 3.56. The van der Waals surface area contributed by atoms with Crippen LogP contribution in [0, 0.1) is 5.92 Å². The van der Waals surface area contributed by atoms with E-state index in [1.54, 1.807) is 6.20 Å². The number of nitrogens with one attached hydrogen (secondary N) is 2. The molecule has 98 valence electrons. The van der Waals surface area contributed by atoms with Crippen molar-refractivity contribution in [2.75, 3.05) is 18.4 Å². The Morgan fingerprint density at radius 2 is 2.32 bits per heavy atom. The number of carbonyl (C=O) groups excluding carboxylic acids is 1. The lowest BCUT2D eigenvalue weighted by molar-refractivity contribution is -0.116.